The Hall–Kier alpha value is -1.68. The lowest BCUT2D eigenvalue weighted by Crippen LogP contribution is -2.25. The topological polar surface area (TPSA) is 20.3 Å². The monoisotopic (exact) mass is 347 g/mol. The van der Waals surface area contributed by atoms with Gasteiger partial charge in [-0.05, 0) is 58.1 Å². The maximum absolute atomic E-state index is 13.1. The van der Waals surface area contributed by atoms with E-state index in [0.29, 0.717) is 13.1 Å². The van der Waals surface area contributed by atoms with Crippen LogP contribution >= 0.6 is 15.9 Å². The second kappa shape index (κ2) is 5.98. The second-order valence-corrected chi connectivity index (χ2v) is 6.09. The third-order valence-corrected chi connectivity index (χ3v) is 4.41. The normalized spacial score (nSPS) is 13.6. The van der Waals surface area contributed by atoms with Crippen LogP contribution in [0.3, 0.4) is 0 Å². The number of benzene rings is 2. The number of halogens is 2. The first-order valence-electron chi connectivity index (χ1n) is 6.96. The summed E-state index contributed by atoms with van der Waals surface area (Å²) in [4.78, 5) is 14.2. The molecule has 0 fully saturated rings. The smallest absolute Gasteiger partial charge is 0.255 e. The van der Waals surface area contributed by atoms with Crippen LogP contribution in [-0.2, 0) is 13.0 Å². The number of nitrogens with zero attached hydrogens (tertiary/aromatic N) is 1. The molecular formula is C17H15BrFNO. The Labute approximate surface area is 131 Å². The highest BCUT2D eigenvalue weighted by Gasteiger charge is 2.28. The average molecular weight is 348 g/mol. The van der Waals surface area contributed by atoms with Gasteiger partial charge in [0, 0.05) is 17.6 Å². The van der Waals surface area contributed by atoms with Gasteiger partial charge in [-0.25, -0.2) is 4.39 Å². The maximum Gasteiger partial charge on any atom is 0.255 e. The Morgan fingerprint density at radius 1 is 1.19 bits per heavy atom. The lowest BCUT2D eigenvalue weighted by molar-refractivity contribution is 0.0776. The first-order chi connectivity index (χ1) is 10.1. The summed E-state index contributed by atoms with van der Waals surface area (Å²) in [5.41, 5.74) is 2.82. The van der Waals surface area contributed by atoms with Crippen LogP contribution in [0.2, 0.25) is 0 Å². The Balaban J connectivity index is 1.61. The van der Waals surface area contributed by atoms with Crippen LogP contribution in [0.25, 0.3) is 0 Å². The summed E-state index contributed by atoms with van der Waals surface area (Å²) < 4.78 is 14.0. The van der Waals surface area contributed by atoms with Gasteiger partial charge >= 0.3 is 0 Å². The van der Waals surface area contributed by atoms with E-state index in [1.54, 1.807) is 12.1 Å². The minimum absolute atomic E-state index is 0.0803. The molecule has 0 unspecified atom stereocenters. The molecule has 21 heavy (non-hydrogen) atoms. The van der Waals surface area contributed by atoms with Crippen molar-refractivity contribution < 1.29 is 9.18 Å². The van der Waals surface area contributed by atoms with Crippen molar-refractivity contribution in [2.75, 3.05) is 6.54 Å². The molecule has 0 aliphatic carbocycles. The van der Waals surface area contributed by atoms with Crippen LogP contribution in [0.4, 0.5) is 4.39 Å². The van der Waals surface area contributed by atoms with Gasteiger partial charge in [0.1, 0.15) is 5.82 Å². The highest BCUT2D eigenvalue weighted by Crippen LogP contribution is 2.29. The van der Waals surface area contributed by atoms with Gasteiger partial charge in [0.25, 0.3) is 5.91 Å². The van der Waals surface area contributed by atoms with Crippen LogP contribution in [0, 0.1) is 5.82 Å². The second-order valence-electron chi connectivity index (χ2n) is 5.23. The molecule has 0 spiro atoms. The zero-order chi connectivity index (χ0) is 14.8. The van der Waals surface area contributed by atoms with Crippen molar-refractivity contribution in [1.29, 1.82) is 0 Å². The van der Waals surface area contributed by atoms with Crippen LogP contribution in [0.1, 0.15) is 27.9 Å². The molecule has 0 saturated carbocycles. The van der Waals surface area contributed by atoms with Crippen molar-refractivity contribution in [1.82, 2.24) is 4.90 Å². The summed E-state index contributed by atoms with van der Waals surface area (Å²) in [6.07, 6.45) is 1.61. The molecule has 1 amide bonds. The standard InChI is InChI=1S/C17H15BrFNO/c18-15-8-2-6-13-11-20(17(21)16(13)15)9-3-5-12-4-1-7-14(19)10-12/h1-2,4,6-8,10H,3,5,9,11H2. The third-order valence-electron chi connectivity index (χ3n) is 3.74. The summed E-state index contributed by atoms with van der Waals surface area (Å²) in [7, 11) is 0. The summed E-state index contributed by atoms with van der Waals surface area (Å²) in [6.45, 7) is 1.35. The Morgan fingerprint density at radius 2 is 2.00 bits per heavy atom. The van der Waals surface area contributed by atoms with E-state index in [1.165, 1.54) is 6.07 Å². The van der Waals surface area contributed by atoms with Gasteiger partial charge in [0.05, 0.1) is 5.56 Å². The number of fused-ring (bicyclic) bond motifs is 1. The number of carbonyl (C=O) groups excluding carboxylic acids is 1. The van der Waals surface area contributed by atoms with Crippen LogP contribution < -0.4 is 0 Å². The molecule has 0 bridgehead atoms. The molecule has 0 N–H and O–H groups in total. The molecule has 108 valence electrons. The van der Waals surface area contributed by atoms with Crippen LogP contribution in [-0.4, -0.2) is 17.4 Å². The van der Waals surface area contributed by atoms with Crippen molar-refractivity contribution in [3.8, 4) is 0 Å². The van der Waals surface area contributed by atoms with Crippen molar-refractivity contribution in [2.45, 2.75) is 19.4 Å². The molecule has 0 saturated heterocycles. The third kappa shape index (κ3) is 3.00. The fourth-order valence-electron chi connectivity index (χ4n) is 2.72. The number of carbonyl (C=O) groups is 1. The van der Waals surface area contributed by atoms with E-state index in [-0.39, 0.29) is 11.7 Å². The average Bonchev–Trinajstić information content (AvgIpc) is 2.77. The lowest BCUT2D eigenvalue weighted by Gasteiger charge is -2.15. The quantitative estimate of drug-likeness (QED) is 0.812. The number of hydrogen-bond donors (Lipinski definition) is 0. The summed E-state index contributed by atoms with van der Waals surface area (Å²) in [6, 6.07) is 12.5. The zero-order valence-electron chi connectivity index (χ0n) is 11.5. The Morgan fingerprint density at radius 3 is 2.76 bits per heavy atom. The van der Waals surface area contributed by atoms with Gasteiger partial charge in [-0.3, -0.25) is 4.79 Å². The molecular weight excluding hydrogens is 333 g/mol. The Kier molecular flexibility index (Phi) is 4.06. The molecule has 2 nitrogen and oxygen atoms in total. The Bertz CT molecular complexity index is 686. The van der Waals surface area contributed by atoms with Crippen LogP contribution in [0.15, 0.2) is 46.9 Å². The SMILES string of the molecule is O=C1c2c(Br)cccc2CN1CCCc1cccc(F)c1. The van der Waals surface area contributed by atoms with E-state index in [1.807, 2.05) is 29.2 Å². The number of rotatable bonds is 4. The van der Waals surface area contributed by atoms with Crippen molar-refractivity contribution >= 4 is 21.8 Å². The summed E-state index contributed by atoms with van der Waals surface area (Å²) >= 11 is 3.44. The molecule has 1 aliphatic heterocycles. The highest BCUT2D eigenvalue weighted by molar-refractivity contribution is 9.10. The van der Waals surface area contributed by atoms with E-state index in [4.69, 9.17) is 0 Å². The molecule has 0 atom stereocenters. The van der Waals surface area contributed by atoms with E-state index >= 15 is 0 Å². The summed E-state index contributed by atoms with van der Waals surface area (Å²) in [5.74, 6) is -0.127. The highest BCUT2D eigenvalue weighted by atomic mass is 79.9. The number of aryl methyl sites for hydroxylation is 1. The first-order valence-corrected chi connectivity index (χ1v) is 7.75. The molecule has 0 radical (unpaired) electrons. The first kappa shape index (κ1) is 14.3. The fraction of sp³-hybridized carbons (Fsp3) is 0.235. The van der Waals surface area contributed by atoms with Crippen molar-refractivity contribution in [2.24, 2.45) is 0 Å². The molecule has 2 aromatic rings. The molecule has 3 rings (SSSR count). The minimum Gasteiger partial charge on any atom is -0.334 e. The lowest BCUT2D eigenvalue weighted by atomic mass is 10.1. The van der Waals surface area contributed by atoms with E-state index in [2.05, 4.69) is 15.9 Å². The predicted molar refractivity (Wildman–Crippen MR) is 83.6 cm³/mol. The van der Waals surface area contributed by atoms with Crippen molar-refractivity contribution in [3.05, 3.63) is 69.4 Å². The molecule has 0 aromatic heterocycles. The van der Waals surface area contributed by atoms with E-state index < -0.39 is 0 Å². The summed E-state index contributed by atoms with van der Waals surface area (Å²) in [5, 5.41) is 0. The minimum atomic E-state index is -0.207. The van der Waals surface area contributed by atoms with Crippen molar-refractivity contribution in [3.63, 3.8) is 0 Å². The molecule has 4 heteroatoms. The number of hydrogen-bond acceptors (Lipinski definition) is 1. The van der Waals surface area contributed by atoms with Gasteiger partial charge < -0.3 is 4.90 Å². The zero-order valence-corrected chi connectivity index (χ0v) is 13.1. The van der Waals surface area contributed by atoms with E-state index in [0.717, 1.165) is 34.0 Å². The van der Waals surface area contributed by atoms with Gasteiger partial charge in [-0.1, -0.05) is 24.3 Å². The largest absolute Gasteiger partial charge is 0.334 e. The van der Waals surface area contributed by atoms with Crippen LogP contribution in [0.5, 0.6) is 0 Å². The molecule has 1 heterocycles. The molecule has 2 aromatic carbocycles. The molecule has 1 aliphatic rings. The van der Waals surface area contributed by atoms with Gasteiger partial charge in [0.15, 0.2) is 0 Å². The van der Waals surface area contributed by atoms with E-state index in [9.17, 15) is 9.18 Å². The fourth-order valence-corrected chi connectivity index (χ4v) is 3.30. The predicted octanol–water partition coefficient (Wildman–Crippen LogP) is 4.18. The van der Waals surface area contributed by atoms with Gasteiger partial charge in [0.2, 0.25) is 0 Å². The van der Waals surface area contributed by atoms with Gasteiger partial charge in [-0.15, -0.1) is 0 Å². The number of amides is 1. The maximum atomic E-state index is 13.1. The van der Waals surface area contributed by atoms with Gasteiger partial charge in [-0.2, -0.15) is 0 Å².